The number of nitrogens with one attached hydrogen (secondary N) is 3. The van der Waals surface area contributed by atoms with E-state index >= 15 is 0 Å². The molecule has 0 atom stereocenters. The van der Waals surface area contributed by atoms with Gasteiger partial charge in [-0.25, -0.2) is 4.98 Å². The minimum atomic E-state index is 0.699. The zero-order chi connectivity index (χ0) is 15.6. The third kappa shape index (κ3) is 2.86. The van der Waals surface area contributed by atoms with E-state index in [1.807, 2.05) is 13.1 Å². The first-order valence-electron chi connectivity index (χ1n) is 8.20. The highest BCUT2D eigenvalue weighted by Crippen LogP contribution is 2.30. The lowest BCUT2D eigenvalue weighted by Gasteiger charge is -2.11. The van der Waals surface area contributed by atoms with Gasteiger partial charge in [-0.05, 0) is 44.7 Å². The maximum absolute atomic E-state index is 4.53. The Kier molecular flexibility index (Phi) is 3.61. The number of imidazole rings is 1. The molecule has 1 aliphatic carbocycles. The number of benzene rings is 1. The molecule has 0 saturated heterocycles. The summed E-state index contributed by atoms with van der Waals surface area (Å²) in [6, 6.07) is 8.49. The fourth-order valence-corrected chi connectivity index (χ4v) is 3.21. The Hall–Kier alpha value is -2.56. The number of aryl methyl sites for hydroxylation is 2. The van der Waals surface area contributed by atoms with Gasteiger partial charge in [0.25, 0.3) is 0 Å². The predicted molar refractivity (Wildman–Crippen MR) is 91.3 cm³/mol. The molecule has 0 aliphatic heterocycles. The average molecular weight is 307 g/mol. The van der Waals surface area contributed by atoms with Gasteiger partial charge in [-0.3, -0.25) is 5.10 Å². The first-order valence-corrected chi connectivity index (χ1v) is 8.20. The van der Waals surface area contributed by atoms with Gasteiger partial charge in [0.1, 0.15) is 5.82 Å². The number of hydrogen-bond acceptors (Lipinski definition) is 3. The van der Waals surface area contributed by atoms with Crippen molar-refractivity contribution < 1.29 is 0 Å². The summed E-state index contributed by atoms with van der Waals surface area (Å²) in [5.41, 5.74) is 7.20. The molecule has 3 aromatic rings. The zero-order valence-electron chi connectivity index (χ0n) is 13.3. The SMILES string of the molecule is Cc1cnc(CNc2ccc(-c3n[nH]c4c3CCCC4)cc2)[nH]1. The van der Waals surface area contributed by atoms with Gasteiger partial charge in [-0.15, -0.1) is 0 Å². The van der Waals surface area contributed by atoms with Crippen LogP contribution in [0, 0.1) is 6.92 Å². The van der Waals surface area contributed by atoms with E-state index in [0.717, 1.165) is 35.7 Å². The van der Waals surface area contributed by atoms with Crippen molar-refractivity contribution in [2.24, 2.45) is 0 Å². The summed E-state index contributed by atoms with van der Waals surface area (Å²) in [4.78, 5) is 7.53. The smallest absolute Gasteiger partial charge is 0.125 e. The highest BCUT2D eigenvalue weighted by Gasteiger charge is 2.17. The van der Waals surface area contributed by atoms with E-state index in [4.69, 9.17) is 0 Å². The number of nitrogens with zero attached hydrogens (tertiary/aromatic N) is 2. The van der Waals surface area contributed by atoms with Crippen LogP contribution >= 0.6 is 0 Å². The van der Waals surface area contributed by atoms with Gasteiger partial charge < -0.3 is 10.3 Å². The Morgan fingerprint density at radius 3 is 2.74 bits per heavy atom. The van der Waals surface area contributed by atoms with Crippen molar-refractivity contribution in [3.8, 4) is 11.3 Å². The molecule has 2 heterocycles. The van der Waals surface area contributed by atoms with Gasteiger partial charge in [0, 0.05) is 34.4 Å². The third-order valence-corrected chi connectivity index (χ3v) is 4.43. The van der Waals surface area contributed by atoms with Crippen molar-refractivity contribution in [1.82, 2.24) is 20.2 Å². The van der Waals surface area contributed by atoms with Crippen molar-refractivity contribution in [2.75, 3.05) is 5.32 Å². The van der Waals surface area contributed by atoms with Crippen molar-refractivity contribution in [3.05, 3.63) is 53.2 Å². The summed E-state index contributed by atoms with van der Waals surface area (Å²) in [6.45, 7) is 2.71. The van der Waals surface area contributed by atoms with Crippen LogP contribution in [0.25, 0.3) is 11.3 Å². The molecular weight excluding hydrogens is 286 g/mol. The summed E-state index contributed by atoms with van der Waals surface area (Å²) in [5.74, 6) is 0.952. The lowest BCUT2D eigenvalue weighted by Crippen LogP contribution is -2.02. The minimum absolute atomic E-state index is 0.699. The molecule has 0 bridgehead atoms. The highest BCUT2D eigenvalue weighted by atomic mass is 15.1. The molecule has 5 heteroatoms. The normalized spacial score (nSPS) is 13.8. The number of H-pyrrole nitrogens is 2. The molecule has 1 aromatic carbocycles. The van der Waals surface area contributed by atoms with Gasteiger partial charge in [0.05, 0.1) is 12.2 Å². The van der Waals surface area contributed by atoms with Crippen molar-refractivity contribution in [3.63, 3.8) is 0 Å². The Balaban J connectivity index is 1.48. The van der Waals surface area contributed by atoms with Crippen LogP contribution in [-0.2, 0) is 19.4 Å². The average Bonchev–Trinajstić information content (AvgIpc) is 3.20. The summed E-state index contributed by atoms with van der Waals surface area (Å²) >= 11 is 0. The molecule has 0 radical (unpaired) electrons. The van der Waals surface area contributed by atoms with Crippen molar-refractivity contribution in [2.45, 2.75) is 39.2 Å². The van der Waals surface area contributed by atoms with E-state index in [1.54, 1.807) is 0 Å². The molecule has 0 saturated carbocycles. The summed E-state index contributed by atoms with van der Waals surface area (Å²) in [7, 11) is 0. The monoisotopic (exact) mass is 307 g/mol. The second kappa shape index (κ2) is 5.91. The molecule has 118 valence electrons. The number of fused-ring (bicyclic) bond motifs is 1. The van der Waals surface area contributed by atoms with Crippen LogP contribution in [0.15, 0.2) is 30.5 Å². The van der Waals surface area contributed by atoms with Crippen LogP contribution in [-0.4, -0.2) is 20.2 Å². The second-order valence-electron chi connectivity index (χ2n) is 6.18. The Labute approximate surface area is 135 Å². The molecule has 4 rings (SSSR count). The fraction of sp³-hybridized carbons (Fsp3) is 0.333. The summed E-state index contributed by atoms with van der Waals surface area (Å²) in [5, 5.41) is 11.1. The number of aromatic amines is 2. The fourth-order valence-electron chi connectivity index (χ4n) is 3.21. The van der Waals surface area contributed by atoms with Gasteiger partial charge in [-0.1, -0.05) is 12.1 Å². The lowest BCUT2D eigenvalue weighted by molar-refractivity contribution is 0.675. The Bertz CT molecular complexity index is 797. The molecule has 2 aromatic heterocycles. The quantitative estimate of drug-likeness (QED) is 0.690. The topological polar surface area (TPSA) is 69.4 Å². The minimum Gasteiger partial charge on any atom is -0.378 e. The number of anilines is 1. The van der Waals surface area contributed by atoms with Gasteiger partial charge in [0.2, 0.25) is 0 Å². The molecule has 0 amide bonds. The number of rotatable bonds is 4. The van der Waals surface area contributed by atoms with Crippen LogP contribution in [0.3, 0.4) is 0 Å². The van der Waals surface area contributed by atoms with Crippen LogP contribution in [0.1, 0.15) is 35.6 Å². The standard InChI is InChI=1S/C18H21N5/c1-12-10-20-17(21-12)11-19-14-8-6-13(7-9-14)18-15-4-2-3-5-16(15)22-23-18/h6-10,19H,2-5,11H2,1H3,(H,20,21)(H,22,23). The van der Waals surface area contributed by atoms with Crippen LogP contribution < -0.4 is 5.32 Å². The van der Waals surface area contributed by atoms with Gasteiger partial charge >= 0.3 is 0 Å². The first kappa shape index (κ1) is 14.1. The summed E-state index contributed by atoms with van der Waals surface area (Å²) < 4.78 is 0. The predicted octanol–water partition coefficient (Wildman–Crippen LogP) is 3.60. The van der Waals surface area contributed by atoms with E-state index in [9.17, 15) is 0 Å². The summed E-state index contributed by atoms with van der Waals surface area (Å²) in [6.07, 6.45) is 6.65. The van der Waals surface area contributed by atoms with Crippen LogP contribution in [0.5, 0.6) is 0 Å². The molecule has 0 unspecified atom stereocenters. The Morgan fingerprint density at radius 1 is 1.13 bits per heavy atom. The first-order chi connectivity index (χ1) is 11.3. The van der Waals surface area contributed by atoms with Crippen LogP contribution in [0.4, 0.5) is 5.69 Å². The second-order valence-corrected chi connectivity index (χ2v) is 6.18. The molecular formula is C18H21N5. The molecule has 23 heavy (non-hydrogen) atoms. The van der Waals surface area contributed by atoms with E-state index in [0.29, 0.717) is 6.54 Å². The molecule has 5 nitrogen and oxygen atoms in total. The van der Waals surface area contributed by atoms with E-state index in [2.05, 4.69) is 49.7 Å². The number of aromatic nitrogens is 4. The molecule has 3 N–H and O–H groups in total. The van der Waals surface area contributed by atoms with Crippen molar-refractivity contribution in [1.29, 1.82) is 0 Å². The maximum Gasteiger partial charge on any atom is 0.125 e. The van der Waals surface area contributed by atoms with Crippen LogP contribution in [0.2, 0.25) is 0 Å². The largest absolute Gasteiger partial charge is 0.378 e. The third-order valence-electron chi connectivity index (χ3n) is 4.43. The van der Waals surface area contributed by atoms with Crippen molar-refractivity contribution >= 4 is 5.69 Å². The molecule has 1 aliphatic rings. The van der Waals surface area contributed by atoms with Gasteiger partial charge in [-0.2, -0.15) is 5.10 Å². The number of hydrogen-bond donors (Lipinski definition) is 3. The molecule has 0 fully saturated rings. The highest BCUT2D eigenvalue weighted by molar-refractivity contribution is 5.66. The lowest BCUT2D eigenvalue weighted by atomic mass is 9.94. The van der Waals surface area contributed by atoms with E-state index < -0.39 is 0 Å². The Morgan fingerprint density at radius 2 is 1.96 bits per heavy atom. The van der Waals surface area contributed by atoms with E-state index in [-0.39, 0.29) is 0 Å². The zero-order valence-corrected chi connectivity index (χ0v) is 13.3. The van der Waals surface area contributed by atoms with Gasteiger partial charge in [0.15, 0.2) is 0 Å². The molecule has 0 spiro atoms. The van der Waals surface area contributed by atoms with E-state index in [1.165, 1.54) is 29.7 Å². The maximum atomic E-state index is 4.53.